The number of carboxylic acid groups (broad SMARTS) is 1. The third-order valence-corrected chi connectivity index (χ3v) is 2.64. The van der Waals surface area contributed by atoms with E-state index in [0.717, 1.165) is 0 Å². The number of hydrogen-bond acceptors (Lipinski definition) is 6. The minimum atomic E-state index is -1.01. The number of aromatic nitrogens is 4. The first-order valence-electron chi connectivity index (χ1n) is 5.57. The molecule has 1 aromatic heterocycles. The second kappa shape index (κ2) is 5.62. The fourth-order valence-electron chi connectivity index (χ4n) is 1.60. The Kier molecular flexibility index (Phi) is 3.72. The lowest BCUT2D eigenvalue weighted by Gasteiger charge is -2.08. The molecule has 0 bridgehead atoms. The summed E-state index contributed by atoms with van der Waals surface area (Å²) < 4.78 is 0. The van der Waals surface area contributed by atoms with Gasteiger partial charge in [-0.3, -0.25) is 0 Å². The van der Waals surface area contributed by atoms with Crippen molar-refractivity contribution in [2.75, 3.05) is 5.32 Å². The number of nitrogens with zero attached hydrogens (tertiary/aromatic N) is 4. The van der Waals surface area contributed by atoms with Gasteiger partial charge < -0.3 is 10.4 Å². The molecule has 0 aliphatic carbocycles. The number of nitriles is 1. The van der Waals surface area contributed by atoms with Gasteiger partial charge in [0.05, 0.1) is 5.56 Å². The maximum absolute atomic E-state index is 11.0. The average Bonchev–Trinajstić information content (AvgIpc) is 2.95. The summed E-state index contributed by atoms with van der Waals surface area (Å²) in [4.78, 5) is 11.0. The number of tetrazole rings is 1. The molecule has 0 saturated carbocycles. The first kappa shape index (κ1) is 13.2. The number of carbonyl (C=O) groups is 1. The molecule has 0 aliphatic heterocycles. The third kappa shape index (κ3) is 2.62. The van der Waals surface area contributed by atoms with Gasteiger partial charge in [-0.1, -0.05) is 6.07 Å². The number of aromatic carboxylic acids is 1. The Morgan fingerprint density at radius 2 is 2.35 bits per heavy atom. The van der Waals surface area contributed by atoms with Crippen LogP contribution in [-0.4, -0.2) is 31.7 Å². The van der Waals surface area contributed by atoms with Crippen LogP contribution in [0.3, 0.4) is 0 Å². The van der Waals surface area contributed by atoms with E-state index >= 15 is 0 Å². The summed E-state index contributed by atoms with van der Waals surface area (Å²) >= 11 is 0. The lowest BCUT2D eigenvalue weighted by atomic mass is 10.1. The maximum atomic E-state index is 11.0. The van der Waals surface area contributed by atoms with Gasteiger partial charge in [-0.15, -0.1) is 10.2 Å². The van der Waals surface area contributed by atoms with E-state index in [9.17, 15) is 4.79 Å². The minimum absolute atomic E-state index is 0.159. The highest BCUT2D eigenvalue weighted by molar-refractivity contribution is 5.91. The van der Waals surface area contributed by atoms with Crippen LogP contribution < -0.4 is 5.32 Å². The topological polar surface area (TPSA) is 128 Å². The van der Waals surface area contributed by atoms with Crippen molar-refractivity contribution >= 4 is 17.2 Å². The highest BCUT2D eigenvalue weighted by Gasteiger charge is 2.10. The van der Waals surface area contributed by atoms with Crippen LogP contribution in [0.15, 0.2) is 24.4 Å². The summed E-state index contributed by atoms with van der Waals surface area (Å²) in [6.45, 7) is 1.68. The number of aromatic amines is 1. The Hall–Kier alpha value is -3.21. The molecule has 8 nitrogen and oxygen atoms in total. The molecule has 0 aliphatic rings. The van der Waals surface area contributed by atoms with Gasteiger partial charge in [0, 0.05) is 11.9 Å². The maximum Gasteiger partial charge on any atom is 0.336 e. The fourth-order valence-corrected chi connectivity index (χ4v) is 1.60. The molecule has 0 fully saturated rings. The zero-order valence-corrected chi connectivity index (χ0v) is 10.5. The standard InChI is InChI=1S/C12H10N6O2/c1-7-9(12(19)20)3-2-4-10(7)14-6-8(5-13)11-15-17-18-16-11/h2-4,6,14H,1H3,(H,19,20)(H,15,16,17,18). The van der Waals surface area contributed by atoms with Crippen LogP contribution >= 0.6 is 0 Å². The first-order valence-corrected chi connectivity index (χ1v) is 5.57. The Labute approximate surface area is 113 Å². The van der Waals surface area contributed by atoms with Crippen molar-refractivity contribution in [2.24, 2.45) is 0 Å². The number of nitrogens with one attached hydrogen (secondary N) is 2. The number of carboxylic acids is 1. The SMILES string of the molecule is Cc1c(NC=C(C#N)c2nn[nH]n2)cccc1C(=O)O. The Morgan fingerprint density at radius 1 is 1.55 bits per heavy atom. The van der Waals surface area contributed by atoms with Crippen molar-refractivity contribution in [2.45, 2.75) is 6.92 Å². The highest BCUT2D eigenvalue weighted by Crippen LogP contribution is 2.19. The molecule has 0 radical (unpaired) electrons. The molecule has 0 amide bonds. The Bertz CT molecular complexity index is 699. The second-order valence-electron chi connectivity index (χ2n) is 3.83. The van der Waals surface area contributed by atoms with Gasteiger partial charge in [-0.2, -0.15) is 10.5 Å². The van der Waals surface area contributed by atoms with Gasteiger partial charge in [-0.05, 0) is 29.8 Å². The van der Waals surface area contributed by atoms with Crippen LogP contribution in [0.4, 0.5) is 5.69 Å². The predicted octanol–water partition coefficient (Wildman–Crippen LogP) is 1.18. The predicted molar refractivity (Wildman–Crippen MR) is 69.5 cm³/mol. The molecule has 2 rings (SSSR count). The van der Waals surface area contributed by atoms with Gasteiger partial charge in [-0.25, -0.2) is 4.79 Å². The zero-order chi connectivity index (χ0) is 14.5. The molecular formula is C12H10N6O2. The lowest BCUT2D eigenvalue weighted by molar-refractivity contribution is 0.0696. The van der Waals surface area contributed by atoms with Crippen LogP contribution in [0.5, 0.6) is 0 Å². The van der Waals surface area contributed by atoms with E-state index in [4.69, 9.17) is 10.4 Å². The van der Waals surface area contributed by atoms with E-state index in [-0.39, 0.29) is 17.0 Å². The van der Waals surface area contributed by atoms with Crippen molar-refractivity contribution in [3.8, 4) is 6.07 Å². The fraction of sp³-hybridized carbons (Fsp3) is 0.0833. The van der Waals surface area contributed by atoms with Crippen LogP contribution in [0.25, 0.3) is 5.57 Å². The Balaban J connectivity index is 2.29. The van der Waals surface area contributed by atoms with E-state index in [1.165, 1.54) is 12.3 Å². The van der Waals surface area contributed by atoms with Crippen molar-refractivity contribution in [3.05, 3.63) is 41.4 Å². The van der Waals surface area contributed by atoms with Crippen LogP contribution in [0.2, 0.25) is 0 Å². The van der Waals surface area contributed by atoms with E-state index in [0.29, 0.717) is 11.3 Å². The monoisotopic (exact) mass is 270 g/mol. The number of allylic oxidation sites excluding steroid dienone is 1. The number of anilines is 1. The smallest absolute Gasteiger partial charge is 0.336 e. The molecule has 0 saturated heterocycles. The third-order valence-electron chi connectivity index (χ3n) is 2.64. The summed E-state index contributed by atoms with van der Waals surface area (Å²) in [7, 11) is 0. The molecule has 100 valence electrons. The van der Waals surface area contributed by atoms with Crippen LogP contribution in [-0.2, 0) is 0 Å². The second-order valence-corrected chi connectivity index (χ2v) is 3.83. The molecule has 1 aromatic carbocycles. The van der Waals surface area contributed by atoms with Gasteiger partial charge in [0.25, 0.3) is 0 Å². The molecule has 0 atom stereocenters. The van der Waals surface area contributed by atoms with Crippen LogP contribution in [0.1, 0.15) is 21.7 Å². The van der Waals surface area contributed by atoms with Crippen molar-refractivity contribution in [1.82, 2.24) is 20.6 Å². The van der Waals surface area contributed by atoms with E-state index < -0.39 is 5.97 Å². The molecule has 2 aromatic rings. The first-order chi connectivity index (χ1) is 9.63. The number of rotatable bonds is 4. The van der Waals surface area contributed by atoms with E-state index in [1.807, 2.05) is 6.07 Å². The minimum Gasteiger partial charge on any atom is -0.478 e. The number of benzene rings is 1. The van der Waals surface area contributed by atoms with Crippen LogP contribution in [0, 0.1) is 18.3 Å². The molecule has 0 spiro atoms. The van der Waals surface area contributed by atoms with Crippen molar-refractivity contribution in [1.29, 1.82) is 5.26 Å². The lowest BCUT2D eigenvalue weighted by Crippen LogP contribution is -2.02. The normalized spacial score (nSPS) is 10.9. The molecule has 0 unspecified atom stereocenters. The zero-order valence-electron chi connectivity index (χ0n) is 10.5. The average molecular weight is 270 g/mol. The number of hydrogen-bond donors (Lipinski definition) is 3. The highest BCUT2D eigenvalue weighted by atomic mass is 16.4. The van der Waals surface area contributed by atoms with E-state index in [2.05, 4.69) is 25.9 Å². The molecule has 20 heavy (non-hydrogen) atoms. The molecule has 3 N–H and O–H groups in total. The summed E-state index contributed by atoms with van der Waals surface area (Å²) in [5.74, 6) is -0.846. The van der Waals surface area contributed by atoms with Gasteiger partial charge in [0.1, 0.15) is 11.6 Å². The van der Waals surface area contributed by atoms with Crippen molar-refractivity contribution < 1.29 is 9.90 Å². The van der Waals surface area contributed by atoms with Gasteiger partial charge in [0.2, 0.25) is 5.82 Å². The summed E-state index contributed by atoms with van der Waals surface area (Å²) in [6, 6.07) is 6.77. The number of H-pyrrole nitrogens is 1. The molecule has 8 heteroatoms. The largest absolute Gasteiger partial charge is 0.478 e. The van der Waals surface area contributed by atoms with E-state index in [1.54, 1.807) is 19.1 Å². The molecular weight excluding hydrogens is 260 g/mol. The summed E-state index contributed by atoms with van der Waals surface area (Å²) in [5.41, 5.74) is 1.53. The Morgan fingerprint density at radius 3 is 2.95 bits per heavy atom. The molecule has 1 heterocycles. The van der Waals surface area contributed by atoms with Gasteiger partial charge >= 0.3 is 5.97 Å². The quantitative estimate of drug-likeness (QED) is 0.711. The van der Waals surface area contributed by atoms with Crippen molar-refractivity contribution in [3.63, 3.8) is 0 Å². The van der Waals surface area contributed by atoms with Gasteiger partial charge in [0.15, 0.2) is 0 Å². The summed E-state index contributed by atoms with van der Waals surface area (Å²) in [6.07, 6.45) is 1.40. The summed E-state index contributed by atoms with van der Waals surface area (Å²) in [5, 5.41) is 33.9.